The summed E-state index contributed by atoms with van der Waals surface area (Å²) in [5, 5.41) is 21.0. The van der Waals surface area contributed by atoms with Gasteiger partial charge in [-0.1, -0.05) is 13.0 Å². The fraction of sp³-hybridized carbons (Fsp3) is 0.429. The summed E-state index contributed by atoms with van der Waals surface area (Å²) in [7, 11) is 0. The molecular formula is C14H18N2O2S. The van der Waals surface area contributed by atoms with Gasteiger partial charge in [0.2, 0.25) is 5.91 Å². The lowest BCUT2D eigenvalue weighted by molar-refractivity contribution is -0.115. The predicted octanol–water partition coefficient (Wildman–Crippen LogP) is 2.39. The van der Waals surface area contributed by atoms with Crippen LogP contribution in [0.2, 0.25) is 0 Å². The second kappa shape index (κ2) is 7.82. The van der Waals surface area contributed by atoms with Gasteiger partial charge < -0.3 is 10.4 Å². The highest BCUT2D eigenvalue weighted by atomic mass is 32.2. The molecule has 0 heterocycles. The average Bonchev–Trinajstić information content (AvgIpc) is 2.38. The van der Waals surface area contributed by atoms with Gasteiger partial charge in [-0.15, -0.1) is 0 Å². The second-order valence-electron chi connectivity index (χ2n) is 4.31. The van der Waals surface area contributed by atoms with Gasteiger partial charge in [0.1, 0.15) is 0 Å². The fourth-order valence-corrected chi connectivity index (χ4v) is 2.32. The molecule has 1 rings (SSSR count). The van der Waals surface area contributed by atoms with Gasteiger partial charge in [0.25, 0.3) is 0 Å². The Balaban J connectivity index is 2.37. The Labute approximate surface area is 117 Å². The largest absolute Gasteiger partial charge is 0.392 e. The Bertz CT molecular complexity index is 469. The maximum absolute atomic E-state index is 11.7. The van der Waals surface area contributed by atoms with Gasteiger partial charge in [-0.05, 0) is 25.1 Å². The van der Waals surface area contributed by atoms with Crippen LogP contribution in [0, 0.1) is 11.3 Å². The van der Waals surface area contributed by atoms with E-state index >= 15 is 0 Å². The predicted molar refractivity (Wildman–Crippen MR) is 78.0 cm³/mol. The van der Waals surface area contributed by atoms with Gasteiger partial charge in [0.05, 0.1) is 17.7 Å². The lowest BCUT2D eigenvalue weighted by atomic mass is 10.2. The van der Waals surface area contributed by atoms with Crippen molar-refractivity contribution in [2.75, 3.05) is 11.1 Å². The van der Waals surface area contributed by atoms with Crippen molar-refractivity contribution in [2.45, 2.75) is 31.6 Å². The van der Waals surface area contributed by atoms with Crippen LogP contribution in [0.15, 0.2) is 24.3 Å². The van der Waals surface area contributed by atoms with Crippen molar-refractivity contribution in [3.8, 4) is 6.07 Å². The van der Waals surface area contributed by atoms with Crippen LogP contribution < -0.4 is 5.32 Å². The molecule has 0 spiro atoms. The van der Waals surface area contributed by atoms with E-state index in [0.29, 0.717) is 23.4 Å². The highest BCUT2D eigenvalue weighted by Crippen LogP contribution is 2.16. The molecule has 0 fully saturated rings. The van der Waals surface area contributed by atoms with Gasteiger partial charge in [-0.2, -0.15) is 17.0 Å². The molecule has 102 valence electrons. The standard InChI is InChI=1S/C14H18N2O2S/c1-10(17)11(2)19-7-6-14(18)16-13-5-3-4-12(8-13)9-15/h3-5,8,10-11,17H,6-7H2,1-2H3,(H,16,18). The van der Waals surface area contributed by atoms with Crippen molar-refractivity contribution in [2.24, 2.45) is 0 Å². The molecule has 0 aliphatic heterocycles. The molecule has 0 aromatic heterocycles. The Morgan fingerprint density at radius 1 is 1.53 bits per heavy atom. The number of nitrogens with zero attached hydrogens (tertiary/aromatic N) is 1. The Morgan fingerprint density at radius 3 is 2.89 bits per heavy atom. The summed E-state index contributed by atoms with van der Waals surface area (Å²) >= 11 is 1.57. The summed E-state index contributed by atoms with van der Waals surface area (Å²) in [5.74, 6) is 0.580. The molecular weight excluding hydrogens is 260 g/mol. The van der Waals surface area contributed by atoms with E-state index in [-0.39, 0.29) is 17.3 Å². The van der Waals surface area contributed by atoms with Crippen LogP contribution in [-0.4, -0.2) is 28.1 Å². The molecule has 1 amide bonds. The highest BCUT2D eigenvalue weighted by molar-refractivity contribution is 7.99. The molecule has 0 aliphatic carbocycles. The number of benzene rings is 1. The van der Waals surface area contributed by atoms with Gasteiger partial charge >= 0.3 is 0 Å². The summed E-state index contributed by atoms with van der Waals surface area (Å²) in [4.78, 5) is 11.7. The number of nitrogens with one attached hydrogen (secondary N) is 1. The number of nitriles is 1. The van der Waals surface area contributed by atoms with Crippen molar-refractivity contribution >= 4 is 23.4 Å². The zero-order chi connectivity index (χ0) is 14.3. The molecule has 1 aromatic rings. The van der Waals surface area contributed by atoms with E-state index in [9.17, 15) is 9.90 Å². The minimum absolute atomic E-state index is 0.0830. The van der Waals surface area contributed by atoms with E-state index in [4.69, 9.17) is 5.26 Å². The fourth-order valence-electron chi connectivity index (χ4n) is 1.37. The molecule has 0 aliphatic rings. The van der Waals surface area contributed by atoms with E-state index < -0.39 is 0 Å². The van der Waals surface area contributed by atoms with E-state index in [2.05, 4.69) is 5.32 Å². The van der Waals surface area contributed by atoms with Crippen molar-refractivity contribution in [1.82, 2.24) is 0 Å². The van der Waals surface area contributed by atoms with E-state index in [1.165, 1.54) is 0 Å². The zero-order valence-corrected chi connectivity index (χ0v) is 11.9. The number of thioether (sulfide) groups is 1. The summed E-state index contributed by atoms with van der Waals surface area (Å²) in [6.45, 7) is 3.68. The smallest absolute Gasteiger partial charge is 0.225 e. The molecule has 2 atom stereocenters. The highest BCUT2D eigenvalue weighted by Gasteiger charge is 2.10. The molecule has 0 bridgehead atoms. The normalized spacial score (nSPS) is 13.4. The Morgan fingerprint density at radius 2 is 2.26 bits per heavy atom. The number of carbonyl (C=O) groups excluding carboxylic acids is 1. The minimum atomic E-state index is -0.375. The average molecular weight is 278 g/mol. The number of amides is 1. The minimum Gasteiger partial charge on any atom is -0.392 e. The maximum Gasteiger partial charge on any atom is 0.225 e. The zero-order valence-electron chi connectivity index (χ0n) is 11.1. The summed E-state index contributed by atoms with van der Waals surface area (Å²) in [6.07, 6.45) is 0.0128. The van der Waals surface area contributed by atoms with Crippen LogP contribution in [0.4, 0.5) is 5.69 Å². The third-order valence-corrected chi connectivity index (χ3v) is 4.02. The number of aliphatic hydroxyl groups excluding tert-OH is 1. The monoisotopic (exact) mass is 278 g/mol. The Hall–Kier alpha value is -1.51. The first-order chi connectivity index (χ1) is 9.02. The first-order valence-corrected chi connectivity index (χ1v) is 7.17. The summed E-state index contributed by atoms with van der Waals surface area (Å²) < 4.78 is 0. The first-order valence-electron chi connectivity index (χ1n) is 6.12. The second-order valence-corrected chi connectivity index (χ2v) is 5.79. The number of carbonyl (C=O) groups is 1. The molecule has 2 N–H and O–H groups in total. The van der Waals surface area contributed by atoms with Gasteiger partial charge in [-0.25, -0.2) is 0 Å². The van der Waals surface area contributed by atoms with Crippen molar-refractivity contribution < 1.29 is 9.90 Å². The van der Waals surface area contributed by atoms with E-state index in [1.54, 1.807) is 43.0 Å². The number of aliphatic hydroxyl groups is 1. The summed E-state index contributed by atoms with van der Waals surface area (Å²) in [6, 6.07) is 8.85. The third-order valence-electron chi connectivity index (χ3n) is 2.66. The topological polar surface area (TPSA) is 73.1 Å². The molecule has 2 unspecified atom stereocenters. The maximum atomic E-state index is 11.7. The van der Waals surface area contributed by atoms with E-state index in [1.807, 2.05) is 13.0 Å². The van der Waals surface area contributed by atoms with Gasteiger partial charge in [0, 0.05) is 23.1 Å². The number of anilines is 1. The first kappa shape index (κ1) is 15.5. The molecule has 1 aromatic carbocycles. The van der Waals surface area contributed by atoms with Crippen LogP contribution in [0.1, 0.15) is 25.8 Å². The summed E-state index contributed by atoms with van der Waals surface area (Å²) in [5.41, 5.74) is 1.16. The number of hydrogen-bond donors (Lipinski definition) is 2. The van der Waals surface area contributed by atoms with Crippen LogP contribution in [0.25, 0.3) is 0 Å². The Kier molecular flexibility index (Phi) is 6.40. The molecule has 4 nitrogen and oxygen atoms in total. The van der Waals surface area contributed by atoms with Crippen LogP contribution in [0.3, 0.4) is 0 Å². The van der Waals surface area contributed by atoms with Crippen LogP contribution in [0.5, 0.6) is 0 Å². The quantitative estimate of drug-likeness (QED) is 0.838. The van der Waals surface area contributed by atoms with Crippen LogP contribution >= 0.6 is 11.8 Å². The lowest BCUT2D eigenvalue weighted by Gasteiger charge is -2.13. The number of rotatable bonds is 6. The molecule has 0 radical (unpaired) electrons. The van der Waals surface area contributed by atoms with Gasteiger partial charge in [-0.3, -0.25) is 4.79 Å². The van der Waals surface area contributed by atoms with Crippen molar-refractivity contribution in [3.05, 3.63) is 29.8 Å². The third kappa shape index (κ3) is 5.77. The molecule has 0 saturated heterocycles. The number of hydrogen-bond acceptors (Lipinski definition) is 4. The van der Waals surface area contributed by atoms with Crippen molar-refractivity contribution in [1.29, 1.82) is 5.26 Å². The molecule has 5 heteroatoms. The SMILES string of the molecule is CC(O)C(C)SCCC(=O)Nc1cccc(C#N)c1. The van der Waals surface area contributed by atoms with Gasteiger partial charge in [0.15, 0.2) is 0 Å². The van der Waals surface area contributed by atoms with Crippen LogP contribution in [-0.2, 0) is 4.79 Å². The van der Waals surface area contributed by atoms with Crippen molar-refractivity contribution in [3.63, 3.8) is 0 Å². The molecule has 19 heavy (non-hydrogen) atoms. The van der Waals surface area contributed by atoms with E-state index in [0.717, 1.165) is 0 Å². The lowest BCUT2D eigenvalue weighted by Crippen LogP contribution is -2.17. The molecule has 0 saturated carbocycles.